The van der Waals surface area contributed by atoms with Gasteiger partial charge in [-0.2, -0.15) is 0 Å². The summed E-state index contributed by atoms with van der Waals surface area (Å²) in [6, 6.07) is 23.1. The van der Waals surface area contributed by atoms with Crippen LogP contribution in [-0.4, -0.2) is 17.6 Å². The molecule has 0 aromatic heterocycles. The first-order chi connectivity index (χ1) is 14.0. The third-order valence-electron chi connectivity index (χ3n) is 4.97. The number of anilines is 2. The highest BCUT2D eigenvalue weighted by Crippen LogP contribution is 2.44. The Morgan fingerprint density at radius 1 is 0.931 bits per heavy atom. The van der Waals surface area contributed by atoms with Crippen LogP contribution in [-0.2, 0) is 4.79 Å². The van der Waals surface area contributed by atoms with E-state index in [4.69, 9.17) is 0 Å². The summed E-state index contributed by atoms with van der Waals surface area (Å²) in [7, 11) is 0. The van der Waals surface area contributed by atoms with Crippen molar-refractivity contribution in [1.29, 1.82) is 0 Å². The molecule has 0 spiro atoms. The van der Waals surface area contributed by atoms with Crippen LogP contribution in [0.2, 0.25) is 0 Å². The van der Waals surface area contributed by atoms with E-state index in [2.05, 4.69) is 5.32 Å². The average Bonchev–Trinajstić information content (AvgIpc) is 3.11. The maximum absolute atomic E-state index is 12.7. The standard InChI is InChI=1S/C24H22N2O2S/c1-16-7-11-18(12-8-16)23(28)25-21-6-4-3-5-20(21)24-26(22(27)15-29-24)19-13-9-17(2)10-14-19/h3-14,24H,15H2,1-2H3,(H,25,28)/t24-/m1/s1. The second kappa shape index (κ2) is 8.13. The van der Waals surface area contributed by atoms with Crippen LogP contribution in [0.15, 0.2) is 72.8 Å². The van der Waals surface area contributed by atoms with Gasteiger partial charge in [-0.3, -0.25) is 14.5 Å². The van der Waals surface area contributed by atoms with Gasteiger partial charge in [0.1, 0.15) is 5.37 Å². The number of para-hydroxylation sites is 1. The fraction of sp³-hybridized carbons (Fsp3) is 0.167. The number of aryl methyl sites for hydroxylation is 2. The van der Waals surface area contributed by atoms with Gasteiger partial charge >= 0.3 is 0 Å². The average molecular weight is 403 g/mol. The fourth-order valence-corrected chi connectivity index (χ4v) is 4.58. The van der Waals surface area contributed by atoms with Gasteiger partial charge in [0.05, 0.1) is 5.75 Å². The van der Waals surface area contributed by atoms with Crippen LogP contribution in [0.25, 0.3) is 0 Å². The number of carbonyl (C=O) groups excluding carboxylic acids is 2. The second-order valence-electron chi connectivity index (χ2n) is 7.17. The highest BCUT2D eigenvalue weighted by molar-refractivity contribution is 8.00. The minimum Gasteiger partial charge on any atom is -0.322 e. The van der Waals surface area contributed by atoms with Gasteiger partial charge in [-0.15, -0.1) is 11.8 Å². The molecule has 0 bridgehead atoms. The highest BCUT2D eigenvalue weighted by Gasteiger charge is 2.35. The number of rotatable bonds is 4. The molecular weight excluding hydrogens is 380 g/mol. The Bertz CT molecular complexity index is 1050. The van der Waals surface area contributed by atoms with E-state index in [1.807, 2.05) is 91.5 Å². The number of carbonyl (C=O) groups is 2. The smallest absolute Gasteiger partial charge is 0.255 e. The summed E-state index contributed by atoms with van der Waals surface area (Å²) in [5, 5.41) is 2.85. The van der Waals surface area contributed by atoms with E-state index >= 15 is 0 Å². The first-order valence-electron chi connectivity index (χ1n) is 9.50. The van der Waals surface area contributed by atoms with Gasteiger partial charge in [0.25, 0.3) is 5.91 Å². The van der Waals surface area contributed by atoms with E-state index in [9.17, 15) is 9.59 Å². The van der Waals surface area contributed by atoms with Crippen LogP contribution >= 0.6 is 11.8 Å². The molecule has 146 valence electrons. The van der Waals surface area contributed by atoms with Crippen LogP contribution in [0.5, 0.6) is 0 Å². The van der Waals surface area contributed by atoms with Gasteiger partial charge < -0.3 is 5.32 Å². The van der Waals surface area contributed by atoms with E-state index < -0.39 is 0 Å². The van der Waals surface area contributed by atoms with Gasteiger partial charge in [-0.05, 0) is 44.2 Å². The van der Waals surface area contributed by atoms with Crippen molar-refractivity contribution in [3.63, 3.8) is 0 Å². The number of nitrogens with zero attached hydrogens (tertiary/aromatic N) is 1. The zero-order valence-corrected chi connectivity index (χ0v) is 17.2. The van der Waals surface area contributed by atoms with E-state index in [1.165, 1.54) is 0 Å². The van der Waals surface area contributed by atoms with Crippen molar-refractivity contribution in [1.82, 2.24) is 0 Å². The first kappa shape index (κ1) is 19.3. The predicted octanol–water partition coefficient (Wildman–Crippen LogP) is 5.33. The molecule has 1 fully saturated rings. The fourth-order valence-electron chi connectivity index (χ4n) is 3.36. The summed E-state index contributed by atoms with van der Waals surface area (Å²) in [5.74, 6) is 0.330. The van der Waals surface area contributed by atoms with Crippen molar-refractivity contribution in [3.8, 4) is 0 Å². The third-order valence-corrected chi connectivity index (χ3v) is 6.16. The van der Waals surface area contributed by atoms with Crippen LogP contribution in [0.3, 0.4) is 0 Å². The maximum Gasteiger partial charge on any atom is 0.255 e. The van der Waals surface area contributed by atoms with Crippen LogP contribution in [0.4, 0.5) is 11.4 Å². The number of nitrogens with one attached hydrogen (secondary N) is 1. The molecule has 4 rings (SSSR count). The topological polar surface area (TPSA) is 49.4 Å². The monoisotopic (exact) mass is 402 g/mol. The summed E-state index contributed by atoms with van der Waals surface area (Å²) in [6.07, 6.45) is 0. The molecule has 0 unspecified atom stereocenters. The Kier molecular flexibility index (Phi) is 5.41. The van der Waals surface area contributed by atoms with Gasteiger partial charge in [0.15, 0.2) is 0 Å². The quantitative estimate of drug-likeness (QED) is 0.641. The number of benzene rings is 3. The Morgan fingerprint density at radius 3 is 2.24 bits per heavy atom. The lowest BCUT2D eigenvalue weighted by Crippen LogP contribution is -2.28. The number of hydrogen-bond donors (Lipinski definition) is 1. The molecule has 2 amide bonds. The zero-order valence-electron chi connectivity index (χ0n) is 16.4. The van der Waals surface area contributed by atoms with Crippen molar-refractivity contribution >= 4 is 35.0 Å². The molecule has 0 saturated carbocycles. The first-order valence-corrected chi connectivity index (χ1v) is 10.5. The van der Waals surface area contributed by atoms with Crippen molar-refractivity contribution in [2.75, 3.05) is 16.0 Å². The number of amides is 2. The summed E-state index contributed by atoms with van der Waals surface area (Å²) < 4.78 is 0. The van der Waals surface area contributed by atoms with Gasteiger partial charge in [-0.1, -0.05) is 53.6 Å². The molecule has 3 aromatic carbocycles. The van der Waals surface area contributed by atoms with Crippen molar-refractivity contribution < 1.29 is 9.59 Å². The Balaban J connectivity index is 1.65. The van der Waals surface area contributed by atoms with Crippen LogP contribution in [0, 0.1) is 13.8 Å². The molecule has 1 atom stereocenters. The molecule has 1 N–H and O–H groups in total. The summed E-state index contributed by atoms with van der Waals surface area (Å²) in [6.45, 7) is 4.02. The molecule has 4 nitrogen and oxygen atoms in total. The Morgan fingerprint density at radius 2 is 1.55 bits per heavy atom. The molecule has 1 saturated heterocycles. The summed E-state index contributed by atoms with van der Waals surface area (Å²) in [5.41, 5.74) is 5.38. The predicted molar refractivity (Wildman–Crippen MR) is 119 cm³/mol. The van der Waals surface area contributed by atoms with Gasteiger partial charge in [-0.25, -0.2) is 0 Å². The summed E-state index contributed by atoms with van der Waals surface area (Å²) >= 11 is 1.57. The molecule has 0 radical (unpaired) electrons. The minimum absolute atomic E-state index is 0.0727. The van der Waals surface area contributed by atoms with E-state index in [0.29, 0.717) is 11.3 Å². The Hall–Kier alpha value is -3.05. The van der Waals surface area contributed by atoms with Crippen molar-refractivity contribution in [3.05, 3.63) is 95.1 Å². The van der Waals surface area contributed by atoms with Crippen LogP contribution < -0.4 is 10.2 Å². The van der Waals surface area contributed by atoms with E-state index in [0.717, 1.165) is 28.1 Å². The maximum atomic E-state index is 12.7. The summed E-state index contributed by atoms with van der Waals surface area (Å²) in [4.78, 5) is 27.2. The molecule has 1 heterocycles. The zero-order chi connectivity index (χ0) is 20.4. The molecular formula is C24H22N2O2S. The minimum atomic E-state index is -0.181. The van der Waals surface area contributed by atoms with Crippen molar-refractivity contribution in [2.24, 2.45) is 0 Å². The van der Waals surface area contributed by atoms with E-state index in [1.54, 1.807) is 11.8 Å². The molecule has 29 heavy (non-hydrogen) atoms. The van der Waals surface area contributed by atoms with Gasteiger partial charge in [0.2, 0.25) is 5.91 Å². The van der Waals surface area contributed by atoms with Gasteiger partial charge in [0, 0.05) is 22.5 Å². The second-order valence-corrected chi connectivity index (χ2v) is 8.24. The number of hydrogen-bond acceptors (Lipinski definition) is 3. The molecule has 5 heteroatoms. The Labute approximate surface area is 174 Å². The van der Waals surface area contributed by atoms with E-state index in [-0.39, 0.29) is 17.2 Å². The lowest BCUT2D eigenvalue weighted by Gasteiger charge is -2.26. The van der Waals surface area contributed by atoms with Crippen molar-refractivity contribution in [2.45, 2.75) is 19.2 Å². The third kappa shape index (κ3) is 4.05. The largest absolute Gasteiger partial charge is 0.322 e. The molecule has 0 aliphatic carbocycles. The lowest BCUT2D eigenvalue weighted by atomic mass is 10.1. The molecule has 1 aliphatic rings. The lowest BCUT2D eigenvalue weighted by molar-refractivity contribution is -0.115. The van der Waals surface area contributed by atoms with Crippen LogP contribution in [0.1, 0.15) is 32.4 Å². The SMILES string of the molecule is Cc1ccc(C(=O)Nc2ccccc2[C@H]2SCC(=O)N2c2ccc(C)cc2)cc1. The highest BCUT2D eigenvalue weighted by atomic mass is 32.2. The number of thioether (sulfide) groups is 1. The molecule has 1 aliphatic heterocycles. The molecule has 3 aromatic rings. The normalized spacial score (nSPS) is 16.1.